The Balaban J connectivity index is 2.00. The first kappa shape index (κ1) is 15.0. The van der Waals surface area contributed by atoms with Gasteiger partial charge in [-0.25, -0.2) is 0 Å². The van der Waals surface area contributed by atoms with Crippen molar-refractivity contribution in [3.8, 4) is 0 Å². The standard InChI is InChI=1S/C15H18BrNO3/c1-10-4-5-11(7-13(10)16)8-14(18)17-6-2-3-12(9-17)15(19)20/h4-5,7,12H,2-3,6,8-9H2,1H3,(H,19,20)/t12-/m0/s1. The molecule has 1 atom stereocenters. The van der Waals surface area contributed by atoms with Gasteiger partial charge in [-0.15, -0.1) is 0 Å². The van der Waals surface area contributed by atoms with E-state index in [1.54, 1.807) is 4.90 Å². The Kier molecular flexibility index (Phi) is 4.81. The highest BCUT2D eigenvalue weighted by atomic mass is 79.9. The van der Waals surface area contributed by atoms with Crippen molar-refractivity contribution in [2.45, 2.75) is 26.2 Å². The number of nitrogens with zero attached hydrogens (tertiary/aromatic N) is 1. The number of benzene rings is 1. The lowest BCUT2D eigenvalue weighted by Crippen LogP contribution is -2.43. The third-order valence-electron chi connectivity index (χ3n) is 3.71. The summed E-state index contributed by atoms with van der Waals surface area (Å²) in [4.78, 5) is 24.9. The lowest BCUT2D eigenvalue weighted by atomic mass is 9.97. The predicted octanol–water partition coefficient (Wildman–Crippen LogP) is 2.62. The molecule has 0 aromatic heterocycles. The van der Waals surface area contributed by atoms with Gasteiger partial charge in [0.05, 0.1) is 12.3 Å². The van der Waals surface area contributed by atoms with Crippen molar-refractivity contribution in [1.29, 1.82) is 0 Å². The summed E-state index contributed by atoms with van der Waals surface area (Å²) >= 11 is 3.46. The van der Waals surface area contributed by atoms with Gasteiger partial charge in [-0.05, 0) is 37.0 Å². The summed E-state index contributed by atoms with van der Waals surface area (Å²) < 4.78 is 0.991. The van der Waals surface area contributed by atoms with Crippen LogP contribution in [0.15, 0.2) is 22.7 Å². The van der Waals surface area contributed by atoms with Gasteiger partial charge in [-0.1, -0.05) is 28.1 Å². The fourth-order valence-electron chi connectivity index (χ4n) is 2.44. The van der Waals surface area contributed by atoms with Gasteiger partial charge < -0.3 is 10.0 Å². The van der Waals surface area contributed by atoms with Crippen LogP contribution in [-0.2, 0) is 16.0 Å². The number of amides is 1. The number of piperidine rings is 1. The molecule has 0 radical (unpaired) electrons. The van der Waals surface area contributed by atoms with E-state index in [9.17, 15) is 9.59 Å². The number of carboxylic acid groups (broad SMARTS) is 1. The summed E-state index contributed by atoms with van der Waals surface area (Å²) in [7, 11) is 0. The predicted molar refractivity (Wildman–Crippen MR) is 79.5 cm³/mol. The second kappa shape index (κ2) is 6.39. The van der Waals surface area contributed by atoms with E-state index in [4.69, 9.17) is 5.11 Å². The molecular weight excluding hydrogens is 322 g/mol. The van der Waals surface area contributed by atoms with Gasteiger partial charge in [-0.2, -0.15) is 0 Å². The van der Waals surface area contributed by atoms with Crippen molar-refractivity contribution in [2.75, 3.05) is 13.1 Å². The smallest absolute Gasteiger partial charge is 0.308 e. The molecule has 0 aliphatic carbocycles. The molecule has 1 amide bonds. The Labute approximate surface area is 126 Å². The number of aryl methyl sites for hydroxylation is 1. The molecule has 20 heavy (non-hydrogen) atoms. The van der Waals surface area contributed by atoms with Crippen LogP contribution in [0, 0.1) is 12.8 Å². The molecule has 0 bridgehead atoms. The quantitative estimate of drug-likeness (QED) is 0.920. The Morgan fingerprint density at radius 2 is 2.20 bits per heavy atom. The van der Waals surface area contributed by atoms with Crippen molar-refractivity contribution < 1.29 is 14.7 Å². The van der Waals surface area contributed by atoms with Crippen molar-refractivity contribution in [2.24, 2.45) is 5.92 Å². The van der Waals surface area contributed by atoms with Crippen molar-refractivity contribution >= 4 is 27.8 Å². The van der Waals surface area contributed by atoms with Gasteiger partial charge in [0.15, 0.2) is 0 Å². The minimum Gasteiger partial charge on any atom is -0.481 e. The molecule has 1 fully saturated rings. The van der Waals surface area contributed by atoms with E-state index in [-0.39, 0.29) is 5.91 Å². The third-order valence-corrected chi connectivity index (χ3v) is 4.57. The van der Waals surface area contributed by atoms with Gasteiger partial charge in [0.25, 0.3) is 0 Å². The van der Waals surface area contributed by atoms with E-state index in [0.717, 1.165) is 22.0 Å². The van der Waals surface area contributed by atoms with Crippen LogP contribution in [0.25, 0.3) is 0 Å². The zero-order valence-electron chi connectivity index (χ0n) is 11.4. The molecule has 0 unspecified atom stereocenters. The third kappa shape index (κ3) is 3.60. The minimum absolute atomic E-state index is 0.00621. The SMILES string of the molecule is Cc1ccc(CC(=O)N2CCC[C@H](C(=O)O)C2)cc1Br. The number of carbonyl (C=O) groups excluding carboxylic acids is 1. The monoisotopic (exact) mass is 339 g/mol. The Bertz CT molecular complexity index is 530. The van der Waals surface area contributed by atoms with E-state index in [0.29, 0.717) is 25.9 Å². The highest BCUT2D eigenvalue weighted by molar-refractivity contribution is 9.10. The minimum atomic E-state index is -0.805. The number of carboxylic acids is 1. The fraction of sp³-hybridized carbons (Fsp3) is 0.467. The topological polar surface area (TPSA) is 57.6 Å². The number of carbonyl (C=O) groups is 2. The first-order chi connectivity index (χ1) is 9.47. The maximum absolute atomic E-state index is 12.2. The second-order valence-electron chi connectivity index (χ2n) is 5.28. The number of hydrogen-bond acceptors (Lipinski definition) is 2. The maximum atomic E-state index is 12.2. The molecule has 0 saturated carbocycles. The summed E-state index contributed by atoms with van der Waals surface area (Å²) in [6, 6.07) is 5.87. The number of hydrogen-bond donors (Lipinski definition) is 1. The van der Waals surface area contributed by atoms with E-state index < -0.39 is 11.9 Å². The van der Waals surface area contributed by atoms with Crippen LogP contribution in [0.1, 0.15) is 24.0 Å². The molecule has 1 aliphatic heterocycles. The number of aliphatic carboxylic acids is 1. The lowest BCUT2D eigenvalue weighted by Gasteiger charge is -2.30. The second-order valence-corrected chi connectivity index (χ2v) is 6.13. The molecule has 2 rings (SSSR count). The first-order valence-electron chi connectivity index (χ1n) is 6.73. The average Bonchev–Trinajstić information content (AvgIpc) is 2.43. The van der Waals surface area contributed by atoms with Crippen LogP contribution < -0.4 is 0 Å². The average molecular weight is 340 g/mol. The summed E-state index contributed by atoms with van der Waals surface area (Å²) in [5, 5.41) is 9.05. The molecule has 1 saturated heterocycles. The van der Waals surface area contributed by atoms with Gasteiger partial charge in [0.2, 0.25) is 5.91 Å². The first-order valence-corrected chi connectivity index (χ1v) is 7.52. The molecule has 1 aliphatic rings. The molecule has 108 valence electrons. The van der Waals surface area contributed by atoms with Crippen molar-refractivity contribution in [3.05, 3.63) is 33.8 Å². The summed E-state index contributed by atoms with van der Waals surface area (Å²) in [6.07, 6.45) is 1.75. The van der Waals surface area contributed by atoms with Crippen LogP contribution in [0.2, 0.25) is 0 Å². The zero-order chi connectivity index (χ0) is 14.7. The molecule has 0 spiro atoms. The highest BCUT2D eigenvalue weighted by Crippen LogP contribution is 2.20. The summed E-state index contributed by atoms with van der Waals surface area (Å²) in [6.45, 7) is 2.99. The van der Waals surface area contributed by atoms with Crippen LogP contribution in [0.3, 0.4) is 0 Å². The Morgan fingerprint density at radius 3 is 2.85 bits per heavy atom. The van der Waals surface area contributed by atoms with E-state index in [1.165, 1.54) is 0 Å². The number of halogens is 1. The van der Waals surface area contributed by atoms with E-state index >= 15 is 0 Å². The fourth-order valence-corrected chi connectivity index (χ4v) is 2.86. The molecular formula is C15H18BrNO3. The van der Waals surface area contributed by atoms with Crippen LogP contribution in [-0.4, -0.2) is 35.0 Å². The van der Waals surface area contributed by atoms with Gasteiger partial charge >= 0.3 is 5.97 Å². The lowest BCUT2D eigenvalue weighted by molar-refractivity contribution is -0.145. The van der Waals surface area contributed by atoms with Crippen LogP contribution >= 0.6 is 15.9 Å². The molecule has 1 aromatic carbocycles. The van der Waals surface area contributed by atoms with E-state index in [1.807, 2.05) is 25.1 Å². The largest absolute Gasteiger partial charge is 0.481 e. The van der Waals surface area contributed by atoms with Crippen molar-refractivity contribution in [1.82, 2.24) is 4.90 Å². The summed E-state index contributed by atoms with van der Waals surface area (Å²) in [5.41, 5.74) is 2.08. The van der Waals surface area contributed by atoms with E-state index in [2.05, 4.69) is 15.9 Å². The normalized spacial score (nSPS) is 18.9. The van der Waals surface area contributed by atoms with Gasteiger partial charge in [0, 0.05) is 17.6 Å². The van der Waals surface area contributed by atoms with Crippen molar-refractivity contribution in [3.63, 3.8) is 0 Å². The Hall–Kier alpha value is -1.36. The zero-order valence-corrected chi connectivity index (χ0v) is 13.0. The van der Waals surface area contributed by atoms with Gasteiger partial charge in [0.1, 0.15) is 0 Å². The molecule has 1 aromatic rings. The molecule has 1 N–H and O–H groups in total. The van der Waals surface area contributed by atoms with Crippen LogP contribution in [0.4, 0.5) is 0 Å². The molecule has 5 heteroatoms. The van der Waals surface area contributed by atoms with Crippen LogP contribution in [0.5, 0.6) is 0 Å². The number of rotatable bonds is 3. The maximum Gasteiger partial charge on any atom is 0.308 e. The summed E-state index contributed by atoms with van der Waals surface area (Å²) in [5.74, 6) is -1.22. The molecule has 4 nitrogen and oxygen atoms in total. The van der Waals surface area contributed by atoms with Gasteiger partial charge in [-0.3, -0.25) is 9.59 Å². The molecule has 1 heterocycles. The highest BCUT2D eigenvalue weighted by Gasteiger charge is 2.27. The number of likely N-dealkylation sites (tertiary alicyclic amines) is 1. The Morgan fingerprint density at radius 1 is 1.45 bits per heavy atom.